The molecule has 2 nitrogen and oxygen atoms in total. The van der Waals surface area contributed by atoms with Crippen molar-refractivity contribution in [2.24, 2.45) is 4.99 Å². The van der Waals surface area contributed by atoms with E-state index in [1.807, 2.05) is 0 Å². The average molecular weight is 197 g/mol. The summed E-state index contributed by atoms with van der Waals surface area (Å²) in [6.45, 7) is 0.665. The fraction of sp³-hybridized carbons (Fsp3) is 0.154. The van der Waals surface area contributed by atoms with Crippen LogP contribution in [0.5, 0.6) is 0 Å². The molecule has 1 atom stereocenters. The number of hydrogen-bond acceptors (Lipinski definition) is 2. The van der Waals surface area contributed by atoms with Gasteiger partial charge in [-0.05, 0) is 22.4 Å². The van der Waals surface area contributed by atoms with Crippen LogP contribution in [0.15, 0.2) is 47.5 Å². The summed E-state index contributed by atoms with van der Waals surface area (Å²) < 4.78 is 5.13. The minimum Gasteiger partial charge on any atom is -0.481 e. The minimum atomic E-state index is 0.176. The molecule has 74 valence electrons. The number of aliphatic imine (C=N–C) groups is 1. The van der Waals surface area contributed by atoms with Crippen molar-refractivity contribution in [2.45, 2.75) is 6.04 Å². The van der Waals surface area contributed by atoms with E-state index >= 15 is 0 Å². The van der Waals surface area contributed by atoms with Gasteiger partial charge >= 0.3 is 0 Å². The van der Waals surface area contributed by atoms with Crippen molar-refractivity contribution in [3.63, 3.8) is 0 Å². The number of rotatable bonds is 1. The van der Waals surface area contributed by atoms with Crippen LogP contribution in [0.2, 0.25) is 0 Å². The molecule has 15 heavy (non-hydrogen) atoms. The van der Waals surface area contributed by atoms with Crippen LogP contribution >= 0.6 is 0 Å². The molecule has 2 aromatic carbocycles. The number of nitrogens with zero attached hydrogens (tertiary/aromatic N) is 1. The van der Waals surface area contributed by atoms with E-state index in [0.29, 0.717) is 6.61 Å². The van der Waals surface area contributed by atoms with E-state index in [1.54, 1.807) is 6.40 Å². The molecule has 0 saturated heterocycles. The summed E-state index contributed by atoms with van der Waals surface area (Å²) in [5, 5.41) is 2.53. The van der Waals surface area contributed by atoms with Gasteiger partial charge in [0.1, 0.15) is 12.6 Å². The number of fused-ring (bicyclic) bond motifs is 1. The van der Waals surface area contributed by atoms with E-state index in [2.05, 4.69) is 47.5 Å². The fourth-order valence-corrected chi connectivity index (χ4v) is 1.89. The number of ether oxygens (including phenoxy) is 1. The Balaban J connectivity index is 2.09. The zero-order valence-electron chi connectivity index (χ0n) is 8.26. The van der Waals surface area contributed by atoms with Crippen molar-refractivity contribution in [2.75, 3.05) is 6.61 Å². The molecule has 0 bridgehead atoms. The second-order valence-electron chi connectivity index (χ2n) is 3.71. The van der Waals surface area contributed by atoms with Gasteiger partial charge in [-0.2, -0.15) is 0 Å². The van der Waals surface area contributed by atoms with Crippen LogP contribution in [0.4, 0.5) is 0 Å². The van der Waals surface area contributed by atoms with Gasteiger partial charge in [-0.1, -0.05) is 36.4 Å². The van der Waals surface area contributed by atoms with E-state index in [0.717, 1.165) is 0 Å². The molecule has 0 amide bonds. The highest BCUT2D eigenvalue weighted by Crippen LogP contribution is 2.24. The minimum absolute atomic E-state index is 0.176. The highest BCUT2D eigenvalue weighted by Gasteiger charge is 2.13. The number of benzene rings is 2. The maximum absolute atomic E-state index is 5.13. The second-order valence-corrected chi connectivity index (χ2v) is 3.71. The Morgan fingerprint density at radius 3 is 2.73 bits per heavy atom. The van der Waals surface area contributed by atoms with Gasteiger partial charge in [0.2, 0.25) is 0 Å². The summed E-state index contributed by atoms with van der Waals surface area (Å²) in [6, 6.07) is 15.0. The Hall–Kier alpha value is -1.83. The molecular weight excluding hydrogens is 186 g/mol. The lowest BCUT2D eigenvalue weighted by Crippen LogP contribution is -1.96. The lowest BCUT2D eigenvalue weighted by Gasteiger charge is -2.06. The Labute approximate surface area is 88.2 Å². The van der Waals surface area contributed by atoms with Gasteiger partial charge in [-0.15, -0.1) is 0 Å². The summed E-state index contributed by atoms with van der Waals surface area (Å²) >= 11 is 0. The molecule has 2 aromatic rings. The first-order valence-corrected chi connectivity index (χ1v) is 5.05. The molecule has 0 fully saturated rings. The third kappa shape index (κ3) is 1.48. The van der Waals surface area contributed by atoms with Crippen molar-refractivity contribution in [3.05, 3.63) is 48.0 Å². The zero-order valence-corrected chi connectivity index (χ0v) is 8.26. The van der Waals surface area contributed by atoms with Crippen molar-refractivity contribution in [1.29, 1.82) is 0 Å². The molecule has 2 heteroatoms. The predicted octanol–water partition coefficient (Wildman–Crippen LogP) is 2.94. The molecule has 1 aliphatic heterocycles. The summed E-state index contributed by atoms with van der Waals surface area (Å²) in [6.07, 6.45) is 1.54. The normalized spacial score (nSPS) is 19.3. The molecule has 0 saturated carbocycles. The molecular formula is C13H11NO. The first kappa shape index (κ1) is 8.48. The molecule has 0 unspecified atom stereocenters. The standard InChI is InChI=1S/C13H11NO/c1-2-4-11-7-12(6-5-10(11)3-1)13-8-15-9-14-13/h1-7,9,13H,8H2/t13-/m0/s1. The first-order chi connectivity index (χ1) is 7.43. The zero-order chi connectivity index (χ0) is 10.1. The third-order valence-electron chi connectivity index (χ3n) is 2.73. The summed E-state index contributed by atoms with van der Waals surface area (Å²) in [5.74, 6) is 0. The summed E-state index contributed by atoms with van der Waals surface area (Å²) in [4.78, 5) is 4.27. The van der Waals surface area contributed by atoms with Crippen LogP contribution in [0.1, 0.15) is 11.6 Å². The quantitative estimate of drug-likeness (QED) is 0.688. The van der Waals surface area contributed by atoms with Crippen molar-refractivity contribution >= 4 is 17.2 Å². The van der Waals surface area contributed by atoms with Crippen molar-refractivity contribution in [3.8, 4) is 0 Å². The van der Waals surface area contributed by atoms with Crippen LogP contribution < -0.4 is 0 Å². The highest BCUT2D eigenvalue weighted by molar-refractivity contribution is 5.83. The maximum Gasteiger partial charge on any atom is 0.170 e. The highest BCUT2D eigenvalue weighted by atomic mass is 16.5. The van der Waals surface area contributed by atoms with Crippen LogP contribution in [0.3, 0.4) is 0 Å². The van der Waals surface area contributed by atoms with Crippen LogP contribution in [-0.2, 0) is 4.74 Å². The smallest absolute Gasteiger partial charge is 0.170 e. The van der Waals surface area contributed by atoms with Gasteiger partial charge in [-0.3, -0.25) is 0 Å². The molecule has 0 aliphatic carbocycles. The average Bonchev–Trinajstić information content (AvgIpc) is 2.82. The fourth-order valence-electron chi connectivity index (χ4n) is 1.89. The molecule has 0 radical (unpaired) electrons. The van der Waals surface area contributed by atoms with E-state index in [4.69, 9.17) is 4.74 Å². The molecule has 1 aliphatic rings. The van der Waals surface area contributed by atoms with E-state index < -0.39 is 0 Å². The summed E-state index contributed by atoms with van der Waals surface area (Å²) in [5.41, 5.74) is 1.22. The van der Waals surface area contributed by atoms with Crippen LogP contribution in [-0.4, -0.2) is 13.0 Å². The van der Waals surface area contributed by atoms with Crippen LogP contribution in [0.25, 0.3) is 10.8 Å². The molecule has 0 aromatic heterocycles. The van der Waals surface area contributed by atoms with E-state index in [1.165, 1.54) is 16.3 Å². The van der Waals surface area contributed by atoms with Gasteiger partial charge in [-0.25, -0.2) is 4.99 Å². The number of hydrogen-bond donors (Lipinski definition) is 0. The monoisotopic (exact) mass is 197 g/mol. The van der Waals surface area contributed by atoms with Crippen molar-refractivity contribution in [1.82, 2.24) is 0 Å². The molecule has 1 heterocycles. The van der Waals surface area contributed by atoms with E-state index in [-0.39, 0.29) is 6.04 Å². The SMILES string of the molecule is C1=N[C@H](c2ccc3ccccc3c2)CO1. The largest absolute Gasteiger partial charge is 0.481 e. The Morgan fingerprint density at radius 2 is 1.93 bits per heavy atom. The van der Waals surface area contributed by atoms with Gasteiger partial charge < -0.3 is 4.74 Å². The summed E-state index contributed by atoms with van der Waals surface area (Å²) in [7, 11) is 0. The second kappa shape index (κ2) is 3.39. The van der Waals surface area contributed by atoms with Crippen molar-refractivity contribution < 1.29 is 4.74 Å². The van der Waals surface area contributed by atoms with Gasteiger partial charge in [0, 0.05) is 0 Å². The lowest BCUT2D eigenvalue weighted by atomic mass is 10.0. The molecule has 3 rings (SSSR count). The van der Waals surface area contributed by atoms with Gasteiger partial charge in [0.15, 0.2) is 6.40 Å². The Kier molecular flexibility index (Phi) is 1.91. The predicted molar refractivity (Wildman–Crippen MR) is 61.1 cm³/mol. The van der Waals surface area contributed by atoms with Gasteiger partial charge in [0.05, 0.1) is 0 Å². The molecule has 0 N–H and O–H groups in total. The first-order valence-electron chi connectivity index (χ1n) is 5.05. The van der Waals surface area contributed by atoms with Gasteiger partial charge in [0.25, 0.3) is 0 Å². The third-order valence-corrected chi connectivity index (χ3v) is 2.73. The van der Waals surface area contributed by atoms with E-state index in [9.17, 15) is 0 Å². The topological polar surface area (TPSA) is 21.6 Å². The maximum atomic E-state index is 5.13. The Morgan fingerprint density at radius 1 is 1.07 bits per heavy atom. The van der Waals surface area contributed by atoms with Crippen LogP contribution in [0, 0.1) is 0 Å². The lowest BCUT2D eigenvalue weighted by molar-refractivity contribution is 0.330. The molecule has 0 spiro atoms. The Bertz CT molecular complexity index is 519.